The molecule has 2 N–H and O–H groups in total. The SMILES string of the molecule is CC(NC(=O)CC1COCCN1)c1cccc2ccccc12.Cl. The Labute approximate surface area is 143 Å². The van der Waals surface area contributed by atoms with Crippen molar-refractivity contribution in [1.29, 1.82) is 0 Å². The monoisotopic (exact) mass is 334 g/mol. The van der Waals surface area contributed by atoms with E-state index in [4.69, 9.17) is 4.74 Å². The van der Waals surface area contributed by atoms with Gasteiger partial charge in [-0.25, -0.2) is 0 Å². The van der Waals surface area contributed by atoms with Crippen molar-refractivity contribution in [3.05, 3.63) is 48.0 Å². The Morgan fingerprint density at radius 2 is 2.09 bits per heavy atom. The molecule has 1 amide bonds. The first kappa shape index (κ1) is 17.7. The molecule has 1 fully saturated rings. The molecule has 4 nitrogen and oxygen atoms in total. The number of rotatable bonds is 4. The number of benzene rings is 2. The number of carbonyl (C=O) groups excluding carboxylic acids is 1. The Morgan fingerprint density at radius 3 is 2.87 bits per heavy atom. The van der Waals surface area contributed by atoms with Crippen LogP contribution in [0.4, 0.5) is 0 Å². The van der Waals surface area contributed by atoms with Crippen molar-refractivity contribution >= 4 is 29.1 Å². The van der Waals surface area contributed by atoms with Crippen molar-refractivity contribution in [1.82, 2.24) is 10.6 Å². The van der Waals surface area contributed by atoms with Crippen molar-refractivity contribution in [2.45, 2.75) is 25.4 Å². The van der Waals surface area contributed by atoms with Crippen LogP contribution in [0.1, 0.15) is 24.9 Å². The molecule has 2 aromatic carbocycles. The zero-order valence-corrected chi connectivity index (χ0v) is 14.1. The summed E-state index contributed by atoms with van der Waals surface area (Å²) >= 11 is 0. The molecular weight excluding hydrogens is 312 g/mol. The highest BCUT2D eigenvalue weighted by Crippen LogP contribution is 2.24. The lowest BCUT2D eigenvalue weighted by Gasteiger charge is -2.24. The second kappa shape index (κ2) is 8.29. The van der Waals surface area contributed by atoms with Crippen molar-refractivity contribution in [3.8, 4) is 0 Å². The van der Waals surface area contributed by atoms with Crippen molar-refractivity contribution in [3.63, 3.8) is 0 Å². The Bertz CT molecular complexity index is 651. The maximum absolute atomic E-state index is 12.2. The van der Waals surface area contributed by atoms with Crippen LogP contribution in [0.3, 0.4) is 0 Å². The van der Waals surface area contributed by atoms with Gasteiger partial charge in [0.25, 0.3) is 0 Å². The fourth-order valence-corrected chi connectivity index (χ4v) is 2.98. The zero-order valence-electron chi connectivity index (χ0n) is 13.2. The Hall–Kier alpha value is -1.62. The molecule has 2 aromatic rings. The van der Waals surface area contributed by atoms with E-state index in [1.54, 1.807) is 0 Å². The molecule has 2 unspecified atom stereocenters. The Morgan fingerprint density at radius 1 is 1.30 bits per heavy atom. The quantitative estimate of drug-likeness (QED) is 0.904. The molecule has 0 saturated carbocycles. The van der Waals surface area contributed by atoms with Gasteiger partial charge < -0.3 is 15.4 Å². The van der Waals surface area contributed by atoms with Gasteiger partial charge in [0, 0.05) is 19.0 Å². The third-order valence-corrected chi connectivity index (χ3v) is 4.10. The van der Waals surface area contributed by atoms with Gasteiger partial charge in [-0.1, -0.05) is 42.5 Å². The van der Waals surface area contributed by atoms with Gasteiger partial charge in [-0.2, -0.15) is 0 Å². The minimum atomic E-state index is -0.0110. The Kier molecular flexibility index (Phi) is 6.39. The highest BCUT2D eigenvalue weighted by molar-refractivity contribution is 5.87. The average molecular weight is 335 g/mol. The van der Waals surface area contributed by atoms with Gasteiger partial charge in [-0.15, -0.1) is 12.4 Å². The average Bonchev–Trinajstić information content (AvgIpc) is 2.55. The summed E-state index contributed by atoms with van der Waals surface area (Å²) in [5.41, 5.74) is 1.15. The summed E-state index contributed by atoms with van der Waals surface area (Å²) in [6.07, 6.45) is 0.453. The fourth-order valence-electron chi connectivity index (χ4n) is 2.98. The van der Waals surface area contributed by atoms with Gasteiger partial charge in [-0.05, 0) is 23.3 Å². The van der Waals surface area contributed by atoms with Gasteiger partial charge >= 0.3 is 0 Å². The largest absolute Gasteiger partial charge is 0.378 e. The third kappa shape index (κ3) is 4.44. The van der Waals surface area contributed by atoms with E-state index in [-0.39, 0.29) is 30.4 Å². The van der Waals surface area contributed by atoms with Crippen molar-refractivity contribution in [2.24, 2.45) is 0 Å². The topological polar surface area (TPSA) is 50.4 Å². The molecule has 3 rings (SSSR count). The molecule has 23 heavy (non-hydrogen) atoms. The second-order valence-corrected chi connectivity index (χ2v) is 5.79. The summed E-state index contributed by atoms with van der Waals surface area (Å²) in [7, 11) is 0. The summed E-state index contributed by atoms with van der Waals surface area (Å²) in [6, 6.07) is 14.6. The van der Waals surface area contributed by atoms with Gasteiger partial charge in [0.05, 0.1) is 19.3 Å². The predicted octanol–water partition coefficient (Wildman–Crippen LogP) is 2.82. The van der Waals surface area contributed by atoms with Crippen LogP contribution in [0.2, 0.25) is 0 Å². The maximum atomic E-state index is 12.2. The first-order valence-corrected chi connectivity index (χ1v) is 7.82. The number of hydrogen-bond donors (Lipinski definition) is 2. The minimum Gasteiger partial charge on any atom is -0.378 e. The lowest BCUT2D eigenvalue weighted by molar-refractivity contribution is -0.122. The summed E-state index contributed by atoms with van der Waals surface area (Å²) in [6.45, 7) is 4.18. The lowest BCUT2D eigenvalue weighted by Crippen LogP contribution is -2.44. The van der Waals surface area contributed by atoms with Crippen LogP contribution in [-0.2, 0) is 9.53 Å². The van der Waals surface area contributed by atoms with E-state index in [1.807, 2.05) is 25.1 Å². The molecule has 124 valence electrons. The first-order valence-electron chi connectivity index (χ1n) is 7.82. The number of ether oxygens (including phenoxy) is 1. The van der Waals surface area contributed by atoms with Gasteiger partial charge in [0.2, 0.25) is 5.91 Å². The minimum absolute atomic E-state index is 0. The number of hydrogen-bond acceptors (Lipinski definition) is 3. The molecule has 1 aliphatic rings. The number of carbonyl (C=O) groups is 1. The van der Waals surface area contributed by atoms with E-state index in [0.717, 1.165) is 18.7 Å². The normalized spacial score (nSPS) is 18.9. The Balaban J connectivity index is 0.00000192. The zero-order chi connectivity index (χ0) is 15.4. The fraction of sp³-hybridized carbons (Fsp3) is 0.389. The predicted molar refractivity (Wildman–Crippen MR) is 95.0 cm³/mol. The molecule has 1 heterocycles. The van der Waals surface area contributed by atoms with Crippen LogP contribution in [0.5, 0.6) is 0 Å². The first-order chi connectivity index (χ1) is 10.7. The van der Waals surface area contributed by atoms with E-state index in [1.165, 1.54) is 10.8 Å². The van der Waals surface area contributed by atoms with Gasteiger partial charge in [-0.3, -0.25) is 4.79 Å². The van der Waals surface area contributed by atoms with E-state index in [9.17, 15) is 4.79 Å². The molecule has 0 aromatic heterocycles. The smallest absolute Gasteiger partial charge is 0.222 e. The second-order valence-electron chi connectivity index (χ2n) is 5.79. The molecule has 5 heteroatoms. The summed E-state index contributed by atoms with van der Waals surface area (Å²) in [4.78, 5) is 12.2. The summed E-state index contributed by atoms with van der Waals surface area (Å²) < 4.78 is 5.39. The molecule has 1 aliphatic heterocycles. The number of morpholine rings is 1. The van der Waals surface area contributed by atoms with Crippen LogP contribution < -0.4 is 10.6 Å². The summed E-state index contributed by atoms with van der Waals surface area (Å²) in [5, 5.41) is 8.80. The molecule has 0 spiro atoms. The highest BCUT2D eigenvalue weighted by atomic mass is 35.5. The van der Waals surface area contributed by atoms with E-state index < -0.39 is 0 Å². The van der Waals surface area contributed by atoms with Gasteiger partial charge in [0.1, 0.15) is 0 Å². The van der Waals surface area contributed by atoms with Crippen LogP contribution in [0.25, 0.3) is 10.8 Å². The van der Waals surface area contributed by atoms with Crippen LogP contribution in [-0.4, -0.2) is 31.7 Å². The van der Waals surface area contributed by atoms with Crippen molar-refractivity contribution in [2.75, 3.05) is 19.8 Å². The van der Waals surface area contributed by atoms with E-state index in [2.05, 4.69) is 34.9 Å². The lowest BCUT2D eigenvalue weighted by atomic mass is 9.99. The number of nitrogens with one attached hydrogen (secondary N) is 2. The molecule has 2 atom stereocenters. The van der Waals surface area contributed by atoms with E-state index >= 15 is 0 Å². The van der Waals surface area contributed by atoms with Crippen molar-refractivity contribution < 1.29 is 9.53 Å². The molecular formula is C18H23ClN2O2. The van der Waals surface area contributed by atoms with Crippen LogP contribution in [0, 0.1) is 0 Å². The highest BCUT2D eigenvalue weighted by Gasteiger charge is 2.18. The summed E-state index contributed by atoms with van der Waals surface area (Å²) in [5.74, 6) is 0.0587. The molecule has 0 aliphatic carbocycles. The number of halogens is 1. The molecule has 0 radical (unpaired) electrons. The number of fused-ring (bicyclic) bond motifs is 1. The van der Waals surface area contributed by atoms with Crippen LogP contribution >= 0.6 is 12.4 Å². The maximum Gasteiger partial charge on any atom is 0.222 e. The van der Waals surface area contributed by atoms with Gasteiger partial charge in [0.15, 0.2) is 0 Å². The third-order valence-electron chi connectivity index (χ3n) is 4.10. The van der Waals surface area contributed by atoms with Crippen LogP contribution in [0.15, 0.2) is 42.5 Å². The molecule has 1 saturated heterocycles. The molecule has 0 bridgehead atoms. The standard InChI is InChI=1S/C18H22N2O2.ClH/c1-13(20-18(21)11-15-12-22-10-9-19-15)16-8-4-6-14-5-2-3-7-17(14)16;/h2-8,13,15,19H,9-12H2,1H3,(H,20,21);1H. The van der Waals surface area contributed by atoms with E-state index in [0.29, 0.717) is 13.0 Å². The number of amides is 1.